The number of aliphatic carboxylic acids is 2. The Kier molecular flexibility index (Phi) is 5.52. The van der Waals surface area contributed by atoms with Crippen molar-refractivity contribution in [2.24, 2.45) is 0 Å². The first-order valence-electron chi connectivity index (χ1n) is 6.17. The minimum Gasteiger partial charge on any atom is -0.496 e. The molecule has 0 saturated carbocycles. The second-order valence-electron chi connectivity index (χ2n) is 4.61. The number of methoxy groups -OCH3 is 1. The molecule has 0 saturated heterocycles. The van der Waals surface area contributed by atoms with Gasteiger partial charge in [-0.05, 0) is 19.9 Å². The molecule has 0 aromatic heterocycles. The van der Waals surface area contributed by atoms with Crippen molar-refractivity contribution in [3.05, 3.63) is 29.3 Å². The van der Waals surface area contributed by atoms with Crippen molar-refractivity contribution in [1.82, 2.24) is 4.90 Å². The Labute approximate surface area is 117 Å². The fraction of sp³-hybridized carbons (Fsp3) is 0.429. The van der Waals surface area contributed by atoms with Crippen LogP contribution in [0.3, 0.4) is 0 Å². The normalized spacial score (nSPS) is 12.2. The topological polar surface area (TPSA) is 87.1 Å². The Bertz CT molecular complexity index is 484. The number of carboxylic acids is 2. The van der Waals surface area contributed by atoms with E-state index in [1.54, 1.807) is 13.0 Å². The number of hydrogen-bond acceptors (Lipinski definition) is 4. The molecule has 0 aliphatic heterocycles. The number of carbonyl (C=O) groups is 2. The fourth-order valence-corrected chi connectivity index (χ4v) is 2.05. The van der Waals surface area contributed by atoms with Gasteiger partial charge in [0, 0.05) is 11.6 Å². The van der Waals surface area contributed by atoms with Gasteiger partial charge in [0.25, 0.3) is 0 Å². The van der Waals surface area contributed by atoms with E-state index in [-0.39, 0.29) is 19.1 Å². The summed E-state index contributed by atoms with van der Waals surface area (Å²) in [6.07, 6.45) is 0. The van der Waals surface area contributed by atoms with Gasteiger partial charge in [-0.15, -0.1) is 0 Å². The van der Waals surface area contributed by atoms with Gasteiger partial charge in [0.1, 0.15) is 5.75 Å². The molecule has 20 heavy (non-hydrogen) atoms. The molecule has 1 unspecified atom stereocenters. The van der Waals surface area contributed by atoms with Crippen molar-refractivity contribution in [3.8, 4) is 5.75 Å². The Morgan fingerprint density at radius 2 is 1.80 bits per heavy atom. The van der Waals surface area contributed by atoms with E-state index in [9.17, 15) is 9.59 Å². The molecule has 1 atom stereocenters. The number of nitrogens with zero attached hydrogens (tertiary/aromatic N) is 1. The smallest absolute Gasteiger partial charge is 0.317 e. The number of rotatable bonds is 7. The maximum atomic E-state index is 10.9. The molecule has 0 aliphatic rings. The van der Waals surface area contributed by atoms with E-state index in [4.69, 9.17) is 14.9 Å². The van der Waals surface area contributed by atoms with Gasteiger partial charge in [-0.1, -0.05) is 17.7 Å². The predicted molar refractivity (Wildman–Crippen MR) is 73.0 cm³/mol. The standard InChI is InChI=1S/C14H19NO5/c1-9-4-5-12(20-3)11(6-9)10(2)15(7-13(16)17)8-14(18)19/h4-6,10H,7-8H2,1-3H3,(H,16,17)(H,18,19). The second-order valence-corrected chi connectivity index (χ2v) is 4.61. The first kappa shape index (κ1) is 16.0. The summed E-state index contributed by atoms with van der Waals surface area (Å²) >= 11 is 0. The van der Waals surface area contributed by atoms with E-state index in [1.807, 2.05) is 19.1 Å². The second kappa shape index (κ2) is 6.91. The molecule has 2 N–H and O–H groups in total. The molecule has 1 aromatic carbocycles. The third-order valence-electron chi connectivity index (χ3n) is 3.06. The minimum atomic E-state index is -1.07. The average Bonchev–Trinajstić information content (AvgIpc) is 2.36. The Morgan fingerprint density at radius 1 is 1.25 bits per heavy atom. The van der Waals surface area contributed by atoms with Gasteiger partial charge >= 0.3 is 11.9 Å². The van der Waals surface area contributed by atoms with E-state index in [2.05, 4.69) is 0 Å². The summed E-state index contributed by atoms with van der Waals surface area (Å²) in [7, 11) is 1.53. The van der Waals surface area contributed by atoms with Crippen LogP contribution in [-0.2, 0) is 9.59 Å². The van der Waals surface area contributed by atoms with Crippen LogP contribution in [0.15, 0.2) is 18.2 Å². The Balaban J connectivity index is 3.09. The lowest BCUT2D eigenvalue weighted by atomic mass is 10.0. The Hall–Kier alpha value is -2.08. The zero-order valence-electron chi connectivity index (χ0n) is 11.8. The van der Waals surface area contributed by atoms with Crippen molar-refractivity contribution >= 4 is 11.9 Å². The minimum absolute atomic E-state index is 0.343. The molecule has 0 bridgehead atoms. The highest BCUT2D eigenvalue weighted by Crippen LogP contribution is 2.29. The highest BCUT2D eigenvalue weighted by molar-refractivity contribution is 5.72. The number of benzene rings is 1. The van der Waals surface area contributed by atoms with Crippen LogP contribution < -0.4 is 4.74 Å². The van der Waals surface area contributed by atoms with Crippen molar-refractivity contribution in [1.29, 1.82) is 0 Å². The highest BCUT2D eigenvalue weighted by Gasteiger charge is 2.23. The summed E-state index contributed by atoms with van der Waals surface area (Å²) in [5.74, 6) is -1.52. The van der Waals surface area contributed by atoms with Crippen molar-refractivity contribution in [2.75, 3.05) is 20.2 Å². The molecule has 0 fully saturated rings. The number of ether oxygens (including phenoxy) is 1. The molecule has 6 nitrogen and oxygen atoms in total. The van der Waals surface area contributed by atoms with Gasteiger partial charge in [-0.3, -0.25) is 14.5 Å². The van der Waals surface area contributed by atoms with E-state index in [1.165, 1.54) is 12.0 Å². The monoisotopic (exact) mass is 281 g/mol. The molecular formula is C14H19NO5. The summed E-state index contributed by atoms with van der Waals surface area (Å²) in [6.45, 7) is 2.99. The van der Waals surface area contributed by atoms with Crippen molar-refractivity contribution in [3.63, 3.8) is 0 Å². The van der Waals surface area contributed by atoms with Gasteiger partial charge in [-0.2, -0.15) is 0 Å². The van der Waals surface area contributed by atoms with Gasteiger partial charge in [0.15, 0.2) is 0 Å². The van der Waals surface area contributed by atoms with Crippen LogP contribution in [-0.4, -0.2) is 47.3 Å². The van der Waals surface area contributed by atoms with E-state index in [0.29, 0.717) is 5.75 Å². The van der Waals surface area contributed by atoms with Gasteiger partial charge in [0.2, 0.25) is 0 Å². The lowest BCUT2D eigenvalue weighted by Crippen LogP contribution is -2.36. The third kappa shape index (κ3) is 4.24. The van der Waals surface area contributed by atoms with Crippen LogP contribution in [0.5, 0.6) is 5.75 Å². The number of aryl methyl sites for hydroxylation is 1. The quantitative estimate of drug-likeness (QED) is 0.788. The molecule has 1 rings (SSSR count). The van der Waals surface area contributed by atoms with Crippen LogP contribution >= 0.6 is 0 Å². The molecule has 0 spiro atoms. The molecule has 110 valence electrons. The van der Waals surface area contributed by atoms with E-state index < -0.39 is 11.9 Å². The number of hydrogen-bond donors (Lipinski definition) is 2. The summed E-state index contributed by atoms with van der Waals surface area (Å²) in [4.78, 5) is 23.1. The zero-order chi connectivity index (χ0) is 15.3. The largest absolute Gasteiger partial charge is 0.496 e. The average molecular weight is 281 g/mol. The highest BCUT2D eigenvalue weighted by atomic mass is 16.5. The molecule has 1 aromatic rings. The van der Waals surface area contributed by atoms with Gasteiger partial charge in [0.05, 0.1) is 20.2 Å². The third-order valence-corrected chi connectivity index (χ3v) is 3.06. The predicted octanol–water partition coefficient (Wildman–Crippen LogP) is 1.54. The van der Waals surface area contributed by atoms with Crippen LogP contribution in [0.1, 0.15) is 24.1 Å². The van der Waals surface area contributed by atoms with Gasteiger partial charge < -0.3 is 14.9 Å². The lowest BCUT2D eigenvalue weighted by molar-refractivity contribution is -0.142. The van der Waals surface area contributed by atoms with Crippen LogP contribution in [0.4, 0.5) is 0 Å². The SMILES string of the molecule is COc1ccc(C)cc1C(C)N(CC(=O)O)CC(=O)O. The molecule has 0 radical (unpaired) electrons. The summed E-state index contributed by atoms with van der Waals surface area (Å²) in [5, 5.41) is 17.8. The lowest BCUT2D eigenvalue weighted by Gasteiger charge is -2.27. The summed E-state index contributed by atoms with van der Waals surface area (Å²) in [5.41, 5.74) is 1.77. The van der Waals surface area contributed by atoms with Crippen LogP contribution in [0.2, 0.25) is 0 Å². The van der Waals surface area contributed by atoms with Crippen molar-refractivity contribution in [2.45, 2.75) is 19.9 Å². The van der Waals surface area contributed by atoms with E-state index in [0.717, 1.165) is 11.1 Å². The first-order valence-corrected chi connectivity index (χ1v) is 6.17. The summed E-state index contributed by atoms with van der Waals surface area (Å²) < 4.78 is 5.26. The molecular weight excluding hydrogens is 262 g/mol. The van der Waals surface area contributed by atoms with Gasteiger partial charge in [-0.25, -0.2) is 0 Å². The first-order chi connectivity index (χ1) is 9.35. The molecule has 0 amide bonds. The maximum Gasteiger partial charge on any atom is 0.317 e. The summed E-state index contributed by atoms with van der Waals surface area (Å²) in [6, 6.07) is 5.17. The Morgan fingerprint density at radius 3 is 2.25 bits per heavy atom. The zero-order valence-corrected chi connectivity index (χ0v) is 11.8. The molecule has 6 heteroatoms. The maximum absolute atomic E-state index is 10.9. The molecule has 0 aliphatic carbocycles. The van der Waals surface area contributed by atoms with Crippen LogP contribution in [0.25, 0.3) is 0 Å². The fourth-order valence-electron chi connectivity index (χ4n) is 2.05. The number of carboxylic acid groups (broad SMARTS) is 2. The van der Waals surface area contributed by atoms with E-state index >= 15 is 0 Å². The molecule has 0 heterocycles. The van der Waals surface area contributed by atoms with Crippen molar-refractivity contribution < 1.29 is 24.5 Å². The van der Waals surface area contributed by atoms with Crippen LogP contribution in [0, 0.1) is 6.92 Å².